The number of piperazine rings is 1. The van der Waals surface area contributed by atoms with Gasteiger partial charge in [0.15, 0.2) is 5.58 Å². The average Bonchev–Trinajstić information content (AvgIpc) is 3.14. The van der Waals surface area contributed by atoms with Crippen molar-refractivity contribution in [3.63, 3.8) is 0 Å². The Hall–Kier alpha value is -3.06. The number of aryl methyl sites for hydroxylation is 1. The molecule has 1 fully saturated rings. The Balaban J connectivity index is 1.35. The van der Waals surface area contributed by atoms with Gasteiger partial charge in [-0.2, -0.15) is 4.57 Å². The maximum atomic E-state index is 12.6. The van der Waals surface area contributed by atoms with E-state index < -0.39 is 11.8 Å². The molecule has 0 aliphatic carbocycles. The fourth-order valence-electron chi connectivity index (χ4n) is 4.27. The minimum absolute atomic E-state index is 0.438. The van der Waals surface area contributed by atoms with Crippen molar-refractivity contribution in [3.8, 4) is 0 Å². The molecular weight excluding hydrogens is 404 g/mol. The van der Waals surface area contributed by atoms with Gasteiger partial charge < -0.3 is 14.6 Å². The van der Waals surface area contributed by atoms with Crippen LogP contribution in [0, 0.1) is 0 Å². The van der Waals surface area contributed by atoms with Gasteiger partial charge in [0.25, 0.3) is 0 Å². The maximum Gasteiger partial charge on any atom is 0.428 e. The lowest BCUT2D eigenvalue weighted by Crippen LogP contribution is -2.48. The first kappa shape index (κ1) is 22.1. The van der Waals surface area contributed by atoms with Gasteiger partial charge in [-0.05, 0) is 50.8 Å². The van der Waals surface area contributed by atoms with Crippen LogP contribution in [0.2, 0.25) is 0 Å². The molecule has 3 aromatic rings. The summed E-state index contributed by atoms with van der Waals surface area (Å²) in [5.74, 6) is -0.649. The van der Waals surface area contributed by atoms with Crippen LogP contribution in [-0.2, 0) is 6.42 Å². The first-order chi connectivity index (χ1) is 15.5. The third kappa shape index (κ3) is 5.05. The number of anilines is 1. The number of unbranched alkanes of at least 4 members (excludes halogenated alkanes) is 1. The minimum atomic E-state index is -0.649. The van der Waals surface area contributed by atoms with Crippen LogP contribution in [0.1, 0.15) is 32.3 Å². The number of nitrogens with one attached hydrogen (secondary N) is 1. The SMILES string of the molecule is CC(C)N1CCN(c2ccc3c(c2)oc(=O)n3C(=O)NCCCCc2ccccc2)CC1. The Morgan fingerprint density at radius 2 is 1.78 bits per heavy atom. The van der Waals surface area contributed by atoms with Crippen LogP contribution in [0.3, 0.4) is 0 Å². The van der Waals surface area contributed by atoms with Crippen molar-refractivity contribution < 1.29 is 9.21 Å². The lowest BCUT2D eigenvalue weighted by Gasteiger charge is -2.38. The van der Waals surface area contributed by atoms with Gasteiger partial charge in [0, 0.05) is 50.5 Å². The summed E-state index contributed by atoms with van der Waals surface area (Å²) in [5, 5.41) is 2.85. The summed E-state index contributed by atoms with van der Waals surface area (Å²) in [6, 6.07) is 16.0. The van der Waals surface area contributed by atoms with Crippen molar-refractivity contribution in [2.45, 2.75) is 39.2 Å². The van der Waals surface area contributed by atoms with E-state index in [-0.39, 0.29) is 0 Å². The monoisotopic (exact) mass is 436 g/mol. The molecule has 1 saturated heterocycles. The van der Waals surface area contributed by atoms with Crippen molar-refractivity contribution in [1.82, 2.24) is 14.8 Å². The quantitative estimate of drug-likeness (QED) is 0.572. The molecule has 4 rings (SSSR count). The number of fused-ring (bicyclic) bond motifs is 1. The van der Waals surface area contributed by atoms with Crippen LogP contribution in [0.25, 0.3) is 11.1 Å². The second kappa shape index (κ2) is 10.0. The minimum Gasteiger partial charge on any atom is -0.407 e. The molecule has 1 aromatic heterocycles. The van der Waals surface area contributed by atoms with Gasteiger partial charge in [-0.3, -0.25) is 4.90 Å². The molecule has 0 spiro atoms. The van der Waals surface area contributed by atoms with Crippen LogP contribution in [0.5, 0.6) is 0 Å². The number of carbonyl (C=O) groups excluding carboxylic acids is 1. The number of rotatable bonds is 7. The largest absolute Gasteiger partial charge is 0.428 e. The van der Waals surface area contributed by atoms with Crippen LogP contribution < -0.4 is 16.0 Å². The number of nitrogens with zero attached hydrogens (tertiary/aromatic N) is 3. The second-order valence-electron chi connectivity index (χ2n) is 8.65. The molecular formula is C25H32N4O3. The molecule has 0 radical (unpaired) electrons. The Morgan fingerprint density at radius 1 is 1.03 bits per heavy atom. The topological polar surface area (TPSA) is 70.7 Å². The molecule has 2 heterocycles. The van der Waals surface area contributed by atoms with E-state index in [1.54, 1.807) is 6.07 Å². The lowest BCUT2D eigenvalue weighted by molar-refractivity contribution is 0.209. The zero-order valence-electron chi connectivity index (χ0n) is 18.9. The number of carbonyl (C=O) groups is 1. The fraction of sp³-hybridized carbons (Fsp3) is 0.440. The third-order valence-electron chi connectivity index (χ3n) is 6.19. The van der Waals surface area contributed by atoms with Crippen molar-refractivity contribution in [3.05, 3.63) is 64.6 Å². The Bertz CT molecular complexity index is 1100. The zero-order valence-corrected chi connectivity index (χ0v) is 18.9. The molecule has 7 nitrogen and oxygen atoms in total. The lowest BCUT2D eigenvalue weighted by atomic mass is 10.1. The summed E-state index contributed by atoms with van der Waals surface area (Å²) < 4.78 is 6.50. The molecule has 0 saturated carbocycles. The molecule has 2 aromatic carbocycles. The summed E-state index contributed by atoms with van der Waals surface area (Å²) in [5.41, 5.74) is 3.25. The van der Waals surface area contributed by atoms with Gasteiger partial charge in [-0.1, -0.05) is 30.3 Å². The highest BCUT2D eigenvalue weighted by Gasteiger charge is 2.21. The highest BCUT2D eigenvalue weighted by atomic mass is 16.4. The summed E-state index contributed by atoms with van der Waals surface area (Å²) in [4.78, 5) is 29.8. The maximum absolute atomic E-state index is 12.6. The van der Waals surface area contributed by atoms with Crippen molar-refractivity contribution in [2.24, 2.45) is 0 Å². The van der Waals surface area contributed by atoms with E-state index in [2.05, 4.69) is 41.1 Å². The Morgan fingerprint density at radius 3 is 2.50 bits per heavy atom. The van der Waals surface area contributed by atoms with Gasteiger partial charge in [0.05, 0.1) is 0 Å². The number of aromatic nitrogens is 1. The van der Waals surface area contributed by atoms with Gasteiger partial charge >= 0.3 is 11.8 Å². The predicted octanol–water partition coefficient (Wildman–Crippen LogP) is 3.71. The molecule has 7 heteroatoms. The summed E-state index contributed by atoms with van der Waals surface area (Å²) in [6.07, 6.45) is 2.79. The van der Waals surface area contributed by atoms with Crippen LogP contribution >= 0.6 is 0 Å². The molecule has 32 heavy (non-hydrogen) atoms. The number of amides is 1. The predicted molar refractivity (Wildman–Crippen MR) is 128 cm³/mol. The number of benzene rings is 2. The van der Waals surface area contributed by atoms with E-state index in [0.717, 1.165) is 55.7 Å². The number of hydrogen-bond donors (Lipinski definition) is 1. The van der Waals surface area contributed by atoms with E-state index >= 15 is 0 Å². The van der Waals surface area contributed by atoms with Crippen molar-refractivity contribution in [2.75, 3.05) is 37.6 Å². The first-order valence-corrected chi connectivity index (χ1v) is 11.5. The summed E-state index contributed by atoms with van der Waals surface area (Å²) in [7, 11) is 0. The van der Waals surface area contributed by atoms with Crippen molar-refractivity contribution >= 4 is 22.8 Å². The highest BCUT2D eigenvalue weighted by molar-refractivity contribution is 5.89. The van der Waals surface area contributed by atoms with Crippen LogP contribution in [0.4, 0.5) is 10.5 Å². The Labute approximate surface area is 188 Å². The van der Waals surface area contributed by atoms with E-state index in [4.69, 9.17) is 4.42 Å². The first-order valence-electron chi connectivity index (χ1n) is 11.5. The Kier molecular flexibility index (Phi) is 6.95. The molecule has 0 unspecified atom stereocenters. The standard InChI is InChI=1S/C25H32N4O3/c1-19(2)27-14-16-28(17-15-27)21-11-12-22-23(18-21)32-25(31)29(22)24(30)26-13-7-6-10-20-8-4-3-5-9-20/h3-5,8-9,11-12,18-19H,6-7,10,13-17H2,1-2H3,(H,26,30). The number of oxazole rings is 1. The van der Waals surface area contributed by atoms with Gasteiger partial charge in [0.1, 0.15) is 5.52 Å². The van der Waals surface area contributed by atoms with Gasteiger partial charge in [0.2, 0.25) is 0 Å². The smallest absolute Gasteiger partial charge is 0.407 e. The van der Waals surface area contributed by atoms with E-state index in [1.807, 2.05) is 30.3 Å². The average molecular weight is 437 g/mol. The zero-order chi connectivity index (χ0) is 22.5. The van der Waals surface area contributed by atoms with E-state index in [0.29, 0.717) is 23.7 Å². The van der Waals surface area contributed by atoms with Gasteiger partial charge in [-0.25, -0.2) is 9.59 Å². The summed E-state index contributed by atoms with van der Waals surface area (Å²) in [6.45, 7) is 8.82. The molecule has 1 amide bonds. The van der Waals surface area contributed by atoms with Crippen LogP contribution in [-0.4, -0.2) is 54.3 Å². The van der Waals surface area contributed by atoms with Crippen molar-refractivity contribution in [1.29, 1.82) is 0 Å². The van der Waals surface area contributed by atoms with E-state index in [9.17, 15) is 9.59 Å². The normalized spacial score (nSPS) is 14.9. The fourth-order valence-corrected chi connectivity index (χ4v) is 4.27. The van der Waals surface area contributed by atoms with E-state index in [1.165, 1.54) is 5.56 Å². The second-order valence-corrected chi connectivity index (χ2v) is 8.65. The molecule has 1 aliphatic rings. The summed E-state index contributed by atoms with van der Waals surface area (Å²) >= 11 is 0. The molecule has 170 valence electrons. The van der Waals surface area contributed by atoms with Gasteiger partial charge in [-0.15, -0.1) is 0 Å². The van der Waals surface area contributed by atoms with Crippen LogP contribution in [0.15, 0.2) is 57.7 Å². The molecule has 0 bridgehead atoms. The number of hydrogen-bond acceptors (Lipinski definition) is 5. The molecule has 0 atom stereocenters. The highest BCUT2D eigenvalue weighted by Crippen LogP contribution is 2.23. The molecule has 1 aliphatic heterocycles. The molecule has 1 N–H and O–H groups in total. The third-order valence-corrected chi connectivity index (χ3v) is 6.19.